The molecule has 0 radical (unpaired) electrons. The molecule has 1 aliphatic heterocycles. The molecular formula is C23H25N7O2. The summed E-state index contributed by atoms with van der Waals surface area (Å²) in [5.41, 5.74) is 3.44. The van der Waals surface area contributed by atoms with Crippen LogP contribution in [0.1, 0.15) is 22.9 Å². The van der Waals surface area contributed by atoms with Gasteiger partial charge in [-0.2, -0.15) is 0 Å². The third-order valence-electron chi connectivity index (χ3n) is 6.04. The van der Waals surface area contributed by atoms with Gasteiger partial charge < -0.3 is 14.3 Å². The van der Waals surface area contributed by atoms with Crippen LogP contribution in [0.15, 0.2) is 41.2 Å². The normalized spacial score (nSPS) is 14.3. The molecule has 1 aromatic carbocycles. The first-order chi connectivity index (χ1) is 15.5. The molecule has 32 heavy (non-hydrogen) atoms. The highest BCUT2D eigenvalue weighted by atomic mass is 16.5. The second-order valence-corrected chi connectivity index (χ2v) is 8.09. The van der Waals surface area contributed by atoms with Crippen LogP contribution in [0, 0.1) is 20.8 Å². The lowest BCUT2D eigenvalue weighted by atomic mass is 10.1. The predicted molar refractivity (Wildman–Crippen MR) is 120 cm³/mol. The van der Waals surface area contributed by atoms with Crippen molar-refractivity contribution in [1.82, 2.24) is 29.6 Å². The third-order valence-corrected chi connectivity index (χ3v) is 6.04. The lowest BCUT2D eigenvalue weighted by Crippen LogP contribution is -2.49. The quantitative estimate of drug-likeness (QED) is 0.490. The Morgan fingerprint density at radius 3 is 2.53 bits per heavy atom. The van der Waals surface area contributed by atoms with E-state index in [9.17, 15) is 4.79 Å². The highest BCUT2D eigenvalue weighted by Crippen LogP contribution is 2.21. The fourth-order valence-corrected chi connectivity index (χ4v) is 4.06. The second kappa shape index (κ2) is 8.07. The van der Waals surface area contributed by atoms with E-state index in [0.717, 1.165) is 28.4 Å². The molecule has 0 spiro atoms. The number of nitrogens with zero attached hydrogens (tertiary/aromatic N) is 7. The minimum Gasteiger partial charge on any atom is -0.356 e. The molecule has 1 amide bonds. The van der Waals surface area contributed by atoms with Crippen molar-refractivity contribution in [1.29, 1.82) is 0 Å². The van der Waals surface area contributed by atoms with E-state index in [1.54, 1.807) is 6.33 Å². The van der Waals surface area contributed by atoms with Crippen LogP contribution in [0.25, 0.3) is 16.8 Å². The molecule has 0 atom stereocenters. The van der Waals surface area contributed by atoms with Crippen molar-refractivity contribution in [2.24, 2.45) is 0 Å². The molecule has 1 saturated heterocycles. The van der Waals surface area contributed by atoms with Gasteiger partial charge in [0.25, 0.3) is 0 Å². The predicted octanol–water partition coefficient (Wildman–Crippen LogP) is 2.62. The summed E-state index contributed by atoms with van der Waals surface area (Å²) in [4.78, 5) is 30.6. The van der Waals surface area contributed by atoms with Crippen LogP contribution < -0.4 is 4.90 Å². The standard InChI is InChI=1S/C23H25N7O2/c1-15-16(2)30(14-24-15)22-13-21(25-17(3)26-22)28-8-10-29(11-9-28)23(31)12-19-18-6-4-5-7-20(18)32-27-19/h4-7,13-14H,8-12H2,1-3H3. The number of aryl methyl sites for hydroxylation is 2. The molecular weight excluding hydrogens is 406 g/mol. The Morgan fingerprint density at radius 2 is 1.78 bits per heavy atom. The molecule has 0 saturated carbocycles. The molecule has 9 heteroatoms. The Balaban J connectivity index is 1.27. The number of carbonyl (C=O) groups is 1. The van der Waals surface area contributed by atoms with E-state index in [2.05, 4.69) is 25.0 Å². The minimum absolute atomic E-state index is 0.0628. The van der Waals surface area contributed by atoms with E-state index in [1.165, 1.54) is 0 Å². The zero-order valence-electron chi connectivity index (χ0n) is 18.4. The number of anilines is 1. The number of imidazole rings is 1. The number of fused-ring (bicyclic) bond motifs is 1. The van der Waals surface area contributed by atoms with Crippen molar-refractivity contribution in [3.05, 3.63) is 59.6 Å². The van der Waals surface area contributed by atoms with Crippen molar-refractivity contribution in [2.75, 3.05) is 31.1 Å². The van der Waals surface area contributed by atoms with Gasteiger partial charge in [-0.15, -0.1) is 0 Å². The fourth-order valence-electron chi connectivity index (χ4n) is 4.06. The molecule has 0 unspecified atom stereocenters. The molecule has 1 aliphatic rings. The van der Waals surface area contributed by atoms with Gasteiger partial charge in [-0.1, -0.05) is 17.3 Å². The largest absolute Gasteiger partial charge is 0.356 e. The van der Waals surface area contributed by atoms with E-state index < -0.39 is 0 Å². The average Bonchev–Trinajstić information content (AvgIpc) is 3.36. The number of aromatic nitrogens is 5. The Morgan fingerprint density at radius 1 is 1.03 bits per heavy atom. The van der Waals surface area contributed by atoms with Gasteiger partial charge >= 0.3 is 0 Å². The summed E-state index contributed by atoms with van der Waals surface area (Å²) in [5, 5.41) is 4.99. The lowest BCUT2D eigenvalue weighted by molar-refractivity contribution is -0.130. The molecule has 9 nitrogen and oxygen atoms in total. The van der Waals surface area contributed by atoms with Gasteiger partial charge in [-0.05, 0) is 32.9 Å². The van der Waals surface area contributed by atoms with Crippen LogP contribution in [0.5, 0.6) is 0 Å². The van der Waals surface area contributed by atoms with Gasteiger partial charge in [0.1, 0.15) is 29.5 Å². The first-order valence-corrected chi connectivity index (χ1v) is 10.7. The SMILES string of the molecule is Cc1nc(N2CCN(C(=O)Cc3noc4ccccc34)CC2)cc(-n2cnc(C)c2C)n1. The first-order valence-electron chi connectivity index (χ1n) is 10.7. The Kier molecular flexibility index (Phi) is 5.08. The minimum atomic E-state index is 0.0628. The lowest BCUT2D eigenvalue weighted by Gasteiger charge is -2.35. The average molecular weight is 432 g/mol. The molecule has 0 bridgehead atoms. The van der Waals surface area contributed by atoms with E-state index in [4.69, 9.17) is 4.52 Å². The summed E-state index contributed by atoms with van der Waals surface area (Å²) >= 11 is 0. The van der Waals surface area contributed by atoms with Gasteiger partial charge in [0.15, 0.2) is 5.58 Å². The number of benzene rings is 1. The molecule has 4 aromatic rings. The summed E-state index contributed by atoms with van der Waals surface area (Å²) in [6.07, 6.45) is 2.04. The fraction of sp³-hybridized carbons (Fsp3) is 0.348. The molecule has 0 aliphatic carbocycles. The maximum atomic E-state index is 12.9. The van der Waals surface area contributed by atoms with Crippen LogP contribution in [0.2, 0.25) is 0 Å². The molecule has 164 valence electrons. The van der Waals surface area contributed by atoms with Crippen molar-refractivity contribution in [2.45, 2.75) is 27.2 Å². The first kappa shape index (κ1) is 20.2. The number of amides is 1. The molecule has 3 aromatic heterocycles. The molecule has 4 heterocycles. The third kappa shape index (κ3) is 3.70. The summed E-state index contributed by atoms with van der Waals surface area (Å²) in [7, 11) is 0. The number of hydrogen-bond acceptors (Lipinski definition) is 7. The molecule has 0 N–H and O–H groups in total. The number of carbonyl (C=O) groups excluding carboxylic acids is 1. The monoisotopic (exact) mass is 431 g/mol. The second-order valence-electron chi connectivity index (χ2n) is 8.09. The number of hydrogen-bond donors (Lipinski definition) is 0. The van der Waals surface area contributed by atoms with E-state index in [0.29, 0.717) is 43.3 Å². The summed E-state index contributed by atoms with van der Waals surface area (Å²) in [6, 6.07) is 9.61. The smallest absolute Gasteiger partial charge is 0.228 e. The Bertz CT molecular complexity index is 1280. The van der Waals surface area contributed by atoms with Gasteiger partial charge in [0.2, 0.25) is 5.91 Å². The van der Waals surface area contributed by atoms with Crippen LogP contribution >= 0.6 is 0 Å². The zero-order chi connectivity index (χ0) is 22.2. The van der Waals surface area contributed by atoms with Gasteiger partial charge in [0, 0.05) is 43.3 Å². The Hall–Kier alpha value is -3.75. The van der Waals surface area contributed by atoms with Gasteiger partial charge in [-0.25, -0.2) is 15.0 Å². The number of rotatable bonds is 4. The van der Waals surface area contributed by atoms with E-state index in [-0.39, 0.29) is 12.3 Å². The van der Waals surface area contributed by atoms with Gasteiger partial charge in [-0.3, -0.25) is 9.36 Å². The van der Waals surface area contributed by atoms with Gasteiger partial charge in [0.05, 0.1) is 12.1 Å². The van der Waals surface area contributed by atoms with E-state index >= 15 is 0 Å². The maximum Gasteiger partial charge on any atom is 0.228 e. The summed E-state index contributed by atoms with van der Waals surface area (Å²) in [6.45, 7) is 8.60. The molecule has 1 fully saturated rings. The Labute approximate surface area is 185 Å². The highest BCUT2D eigenvalue weighted by molar-refractivity contribution is 5.86. The zero-order valence-corrected chi connectivity index (χ0v) is 18.4. The van der Waals surface area contributed by atoms with Crippen LogP contribution in [0.3, 0.4) is 0 Å². The topological polar surface area (TPSA) is 93.2 Å². The molecule has 5 rings (SSSR count). The van der Waals surface area contributed by atoms with E-state index in [1.807, 2.05) is 60.6 Å². The number of para-hydroxylation sites is 1. The van der Waals surface area contributed by atoms with Crippen LogP contribution in [-0.4, -0.2) is 61.7 Å². The highest BCUT2D eigenvalue weighted by Gasteiger charge is 2.24. The summed E-state index contributed by atoms with van der Waals surface area (Å²) in [5.74, 6) is 2.45. The van der Waals surface area contributed by atoms with Crippen LogP contribution in [-0.2, 0) is 11.2 Å². The maximum absolute atomic E-state index is 12.9. The summed E-state index contributed by atoms with van der Waals surface area (Å²) < 4.78 is 7.31. The van der Waals surface area contributed by atoms with Crippen molar-refractivity contribution in [3.63, 3.8) is 0 Å². The van der Waals surface area contributed by atoms with Crippen molar-refractivity contribution >= 4 is 22.7 Å². The van der Waals surface area contributed by atoms with Crippen molar-refractivity contribution < 1.29 is 9.32 Å². The van der Waals surface area contributed by atoms with Crippen LogP contribution in [0.4, 0.5) is 5.82 Å². The number of piperazine rings is 1. The van der Waals surface area contributed by atoms with Crippen molar-refractivity contribution in [3.8, 4) is 5.82 Å².